The molecule has 5 heteroatoms. The van der Waals surface area contributed by atoms with Crippen LogP contribution in [0.1, 0.15) is 76.6 Å². The molecule has 1 rings (SSSR count). The van der Waals surface area contributed by atoms with Crippen molar-refractivity contribution in [3.63, 3.8) is 0 Å². The highest BCUT2D eigenvalue weighted by atomic mass is 16.6. The van der Waals surface area contributed by atoms with Crippen LogP contribution < -0.4 is 5.32 Å². The number of aliphatic hydroxyl groups is 1. The number of amides is 1. The van der Waals surface area contributed by atoms with Crippen molar-refractivity contribution in [1.29, 1.82) is 0 Å². The van der Waals surface area contributed by atoms with Crippen molar-refractivity contribution in [2.45, 2.75) is 84.0 Å². The van der Waals surface area contributed by atoms with Crippen LogP contribution >= 0.6 is 0 Å². The lowest BCUT2D eigenvalue weighted by atomic mass is 10.0. The van der Waals surface area contributed by atoms with E-state index in [-0.39, 0.29) is 5.91 Å². The van der Waals surface area contributed by atoms with Crippen molar-refractivity contribution in [3.8, 4) is 0 Å². The number of hydrogen-bond donors (Lipinski definition) is 2. The van der Waals surface area contributed by atoms with Crippen LogP contribution in [0.3, 0.4) is 0 Å². The number of ether oxygens (including phenoxy) is 1. The van der Waals surface area contributed by atoms with E-state index >= 15 is 0 Å². The summed E-state index contributed by atoms with van der Waals surface area (Å²) in [5, 5.41) is 13.3. The van der Waals surface area contributed by atoms with Gasteiger partial charge in [-0.1, -0.05) is 57.2 Å². The number of nitrogens with one attached hydrogen (secondary N) is 1. The number of benzene rings is 1. The molecule has 0 bridgehead atoms. The Kier molecular flexibility index (Phi) is 9.35. The number of carbonyl (C=O) groups is 2. The van der Waals surface area contributed by atoms with E-state index in [0.29, 0.717) is 12.0 Å². The normalized spacial score (nSPS) is 13.7. The molecule has 1 amide bonds. The van der Waals surface area contributed by atoms with Gasteiger partial charge in [-0.3, -0.25) is 4.79 Å². The van der Waals surface area contributed by atoms with E-state index in [1.807, 2.05) is 6.07 Å². The molecule has 0 aliphatic rings. The second kappa shape index (κ2) is 11.0. The van der Waals surface area contributed by atoms with E-state index in [1.54, 1.807) is 45.0 Å². The molecular weight excluding hydrogens is 330 g/mol. The fourth-order valence-corrected chi connectivity index (χ4v) is 2.64. The van der Waals surface area contributed by atoms with Crippen molar-refractivity contribution in [3.05, 3.63) is 35.9 Å². The third kappa shape index (κ3) is 8.48. The van der Waals surface area contributed by atoms with Gasteiger partial charge in [0, 0.05) is 5.56 Å². The molecule has 5 nitrogen and oxygen atoms in total. The first-order valence-electron chi connectivity index (χ1n) is 9.51. The van der Waals surface area contributed by atoms with Crippen molar-refractivity contribution >= 4 is 11.9 Å². The van der Waals surface area contributed by atoms with Crippen LogP contribution in [0.5, 0.6) is 0 Å². The molecule has 0 radical (unpaired) electrons. The van der Waals surface area contributed by atoms with E-state index < -0.39 is 23.7 Å². The fraction of sp³-hybridized carbons (Fsp3) is 0.619. The molecule has 2 atom stereocenters. The number of aliphatic hydroxyl groups excluding tert-OH is 1. The number of hydrogen-bond acceptors (Lipinski definition) is 4. The molecule has 146 valence electrons. The van der Waals surface area contributed by atoms with Gasteiger partial charge >= 0.3 is 5.97 Å². The Morgan fingerprint density at radius 3 is 2.27 bits per heavy atom. The second-order valence-corrected chi connectivity index (χ2v) is 7.63. The van der Waals surface area contributed by atoms with Crippen LogP contribution in [0.15, 0.2) is 30.3 Å². The lowest BCUT2D eigenvalue weighted by Gasteiger charge is -2.27. The average molecular weight is 363 g/mol. The molecule has 0 aliphatic carbocycles. The molecule has 26 heavy (non-hydrogen) atoms. The topological polar surface area (TPSA) is 75.6 Å². The molecular formula is C21H33NO4. The van der Waals surface area contributed by atoms with Crippen molar-refractivity contribution in [1.82, 2.24) is 5.32 Å². The van der Waals surface area contributed by atoms with E-state index in [2.05, 4.69) is 12.2 Å². The Bertz CT molecular complexity index is 551. The lowest BCUT2D eigenvalue weighted by Crippen LogP contribution is -2.48. The summed E-state index contributed by atoms with van der Waals surface area (Å²) in [6.07, 6.45) is 4.41. The zero-order chi connectivity index (χ0) is 19.6. The molecule has 2 N–H and O–H groups in total. The number of carbonyl (C=O) groups excluding carboxylic acids is 2. The summed E-state index contributed by atoms with van der Waals surface area (Å²) >= 11 is 0. The summed E-state index contributed by atoms with van der Waals surface area (Å²) in [5.74, 6) is -1.00. The standard InChI is InChI=1S/C21H33NO4/c1-5-6-7-8-12-15-17(18(23)20(25)26-21(2,3)4)22-19(24)16-13-10-9-11-14-16/h9-11,13-14,17-18,23H,5-8,12,15H2,1-4H3,(H,22,24)/t17-,18-/m1/s1. The molecule has 0 saturated carbocycles. The fourth-order valence-electron chi connectivity index (χ4n) is 2.64. The van der Waals surface area contributed by atoms with Gasteiger partial charge in [-0.25, -0.2) is 4.79 Å². The molecule has 0 unspecified atom stereocenters. The van der Waals surface area contributed by atoms with Gasteiger partial charge in [-0.2, -0.15) is 0 Å². The summed E-state index contributed by atoms with van der Waals surface area (Å²) in [6, 6.07) is 8.12. The van der Waals surface area contributed by atoms with Gasteiger partial charge < -0.3 is 15.2 Å². The monoisotopic (exact) mass is 363 g/mol. The maximum atomic E-state index is 12.4. The Labute approximate surface area is 157 Å². The number of unbranched alkanes of at least 4 members (excludes halogenated alkanes) is 4. The Morgan fingerprint density at radius 2 is 1.69 bits per heavy atom. The zero-order valence-electron chi connectivity index (χ0n) is 16.5. The number of esters is 1. The van der Waals surface area contributed by atoms with Gasteiger partial charge in [0.15, 0.2) is 6.10 Å². The molecule has 0 aromatic heterocycles. The maximum Gasteiger partial charge on any atom is 0.337 e. The van der Waals surface area contributed by atoms with Gasteiger partial charge in [0.1, 0.15) is 5.60 Å². The van der Waals surface area contributed by atoms with Crippen LogP contribution in [-0.2, 0) is 9.53 Å². The van der Waals surface area contributed by atoms with E-state index in [9.17, 15) is 14.7 Å². The predicted molar refractivity (Wildman–Crippen MR) is 103 cm³/mol. The van der Waals surface area contributed by atoms with E-state index in [0.717, 1.165) is 32.1 Å². The summed E-state index contributed by atoms with van der Waals surface area (Å²) in [7, 11) is 0. The van der Waals surface area contributed by atoms with Crippen molar-refractivity contribution < 1.29 is 19.4 Å². The molecule has 0 heterocycles. The summed E-state index contributed by atoms with van der Waals surface area (Å²) < 4.78 is 5.27. The van der Waals surface area contributed by atoms with Gasteiger partial charge in [-0.15, -0.1) is 0 Å². The van der Waals surface area contributed by atoms with Crippen LogP contribution in [0, 0.1) is 0 Å². The summed E-state index contributed by atoms with van der Waals surface area (Å²) in [6.45, 7) is 7.40. The first-order valence-corrected chi connectivity index (χ1v) is 9.51. The first-order chi connectivity index (χ1) is 12.2. The Balaban J connectivity index is 2.74. The summed E-state index contributed by atoms with van der Waals surface area (Å²) in [4.78, 5) is 24.7. The molecule has 1 aromatic rings. The van der Waals surface area contributed by atoms with Crippen molar-refractivity contribution in [2.24, 2.45) is 0 Å². The van der Waals surface area contributed by atoms with Gasteiger partial charge in [0.05, 0.1) is 6.04 Å². The molecule has 1 aromatic carbocycles. The van der Waals surface area contributed by atoms with Gasteiger partial charge in [0.25, 0.3) is 5.91 Å². The summed E-state index contributed by atoms with van der Waals surface area (Å²) in [5.41, 5.74) is -0.187. The predicted octanol–water partition coefficient (Wildman–Crippen LogP) is 3.85. The zero-order valence-corrected chi connectivity index (χ0v) is 16.5. The van der Waals surface area contributed by atoms with Crippen LogP contribution in [0.25, 0.3) is 0 Å². The highest BCUT2D eigenvalue weighted by Crippen LogP contribution is 2.15. The third-order valence-corrected chi connectivity index (χ3v) is 4.00. The van der Waals surface area contributed by atoms with Gasteiger partial charge in [-0.05, 0) is 39.3 Å². The lowest BCUT2D eigenvalue weighted by molar-refractivity contribution is -0.166. The first kappa shape index (κ1) is 22.2. The number of rotatable bonds is 10. The largest absolute Gasteiger partial charge is 0.458 e. The highest BCUT2D eigenvalue weighted by Gasteiger charge is 2.31. The highest BCUT2D eigenvalue weighted by molar-refractivity contribution is 5.94. The second-order valence-electron chi connectivity index (χ2n) is 7.63. The smallest absolute Gasteiger partial charge is 0.337 e. The third-order valence-electron chi connectivity index (χ3n) is 4.00. The molecule has 0 saturated heterocycles. The minimum Gasteiger partial charge on any atom is -0.458 e. The average Bonchev–Trinajstić information content (AvgIpc) is 2.59. The molecule has 0 spiro atoms. The van der Waals surface area contributed by atoms with Crippen LogP contribution in [0.4, 0.5) is 0 Å². The maximum absolute atomic E-state index is 12.4. The van der Waals surface area contributed by atoms with Crippen molar-refractivity contribution in [2.75, 3.05) is 0 Å². The quantitative estimate of drug-likeness (QED) is 0.489. The molecule has 0 aliphatic heterocycles. The molecule has 0 fully saturated rings. The van der Waals surface area contributed by atoms with E-state index in [1.165, 1.54) is 0 Å². The van der Waals surface area contributed by atoms with Crippen LogP contribution in [0.2, 0.25) is 0 Å². The van der Waals surface area contributed by atoms with Crippen LogP contribution in [-0.4, -0.2) is 34.7 Å². The SMILES string of the molecule is CCCCCCC[C@@H](NC(=O)c1ccccc1)[C@@H](O)C(=O)OC(C)(C)C. The Hall–Kier alpha value is -1.88. The Morgan fingerprint density at radius 1 is 1.08 bits per heavy atom. The van der Waals surface area contributed by atoms with E-state index in [4.69, 9.17) is 4.74 Å². The minimum absolute atomic E-state index is 0.299. The van der Waals surface area contributed by atoms with Gasteiger partial charge in [0.2, 0.25) is 0 Å². The minimum atomic E-state index is -1.38.